The van der Waals surface area contributed by atoms with Gasteiger partial charge in [0.05, 0.1) is 0 Å². The molecule has 1 unspecified atom stereocenters. The van der Waals surface area contributed by atoms with Crippen LogP contribution in [0.25, 0.3) is 23.0 Å². The molecule has 6 heteroatoms. The molecular formula is C28H35FN4O. The standard InChI is InChI=1S/C20H23FN4O.C6H6.C2H6/c1-4-25(3)13-10-14(2)18-17(19-22-11-5-12-23-19)24-20(26-18)15-6-8-16(21)9-7-15;1-2-4-6-5-3-1;1-2/h5-9,11-12,14H,4,10,13H2,1-3H3;1-6H;1-2H3. The lowest BCUT2D eigenvalue weighted by Gasteiger charge is -2.16. The minimum absolute atomic E-state index is 0.157. The molecule has 0 amide bonds. The lowest BCUT2D eigenvalue weighted by Crippen LogP contribution is -2.20. The molecule has 2 aromatic carbocycles. The van der Waals surface area contributed by atoms with Gasteiger partial charge in [-0.25, -0.2) is 19.3 Å². The lowest BCUT2D eigenvalue weighted by atomic mass is 10.0. The van der Waals surface area contributed by atoms with E-state index in [0.717, 1.165) is 30.8 Å². The van der Waals surface area contributed by atoms with Gasteiger partial charge in [-0.2, -0.15) is 0 Å². The average molecular weight is 463 g/mol. The first-order chi connectivity index (χ1) is 16.6. The molecule has 0 aliphatic rings. The van der Waals surface area contributed by atoms with Gasteiger partial charge in [0, 0.05) is 23.9 Å². The van der Waals surface area contributed by atoms with Gasteiger partial charge in [0.15, 0.2) is 11.5 Å². The predicted molar refractivity (Wildman–Crippen MR) is 137 cm³/mol. The van der Waals surface area contributed by atoms with Crippen LogP contribution in [0.2, 0.25) is 0 Å². The molecule has 0 N–H and O–H groups in total. The third-order valence-corrected chi connectivity index (χ3v) is 5.12. The molecule has 0 fully saturated rings. The molecule has 0 aliphatic carbocycles. The van der Waals surface area contributed by atoms with Crippen molar-refractivity contribution in [2.45, 2.75) is 40.0 Å². The van der Waals surface area contributed by atoms with Crippen LogP contribution in [0, 0.1) is 5.82 Å². The van der Waals surface area contributed by atoms with Gasteiger partial charge in [-0.05, 0) is 56.9 Å². The Morgan fingerprint density at radius 3 is 2.00 bits per heavy atom. The maximum Gasteiger partial charge on any atom is 0.227 e. The van der Waals surface area contributed by atoms with Crippen molar-refractivity contribution in [3.63, 3.8) is 0 Å². The molecule has 0 saturated heterocycles. The third kappa shape index (κ3) is 8.19. The van der Waals surface area contributed by atoms with Crippen molar-refractivity contribution < 1.29 is 8.81 Å². The van der Waals surface area contributed by atoms with E-state index in [0.29, 0.717) is 17.4 Å². The molecule has 5 nitrogen and oxygen atoms in total. The fraction of sp³-hybridized carbons (Fsp3) is 0.321. The van der Waals surface area contributed by atoms with E-state index in [1.54, 1.807) is 30.6 Å². The highest BCUT2D eigenvalue weighted by Crippen LogP contribution is 2.33. The third-order valence-electron chi connectivity index (χ3n) is 5.12. The molecule has 4 rings (SSSR count). The van der Waals surface area contributed by atoms with Gasteiger partial charge in [0.25, 0.3) is 0 Å². The first kappa shape index (κ1) is 26.9. The second-order valence-corrected chi connectivity index (χ2v) is 7.55. The van der Waals surface area contributed by atoms with E-state index in [1.807, 2.05) is 50.2 Å². The Morgan fingerprint density at radius 1 is 0.912 bits per heavy atom. The SMILES string of the molecule is CC.CCN(C)CCC(C)c1oc(-c2ccc(F)cc2)nc1-c1ncccn1.c1ccccc1. The fourth-order valence-electron chi connectivity index (χ4n) is 3.05. The van der Waals surface area contributed by atoms with Crippen LogP contribution in [0.1, 0.15) is 45.8 Å². The maximum atomic E-state index is 13.2. The average Bonchev–Trinajstić information content (AvgIpc) is 3.36. The van der Waals surface area contributed by atoms with Crippen LogP contribution in [-0.2, 0) is 0 Å². The van der Waals surface area contributed by atoms with Crippen LogP contribution in [0.4, 0.5) is 4.39 Å². The van der Waals surface area contributed by atoms with Gasteiger partial charge in [-0.15, -0.1) is 0 Å². The summed E-state index contributed by atoms with van der Waals surface area (Å²) in [4.78, 5) is 15.5. The second-order valence-electron chi connectivity index (χ2n) is 7.55. The Balaban J connectivity index is 0.000000437. The number of hydrogen-bond acceptors (Lipinski definition) is 5. The maximum absolute atomic E-state index is 13.2. The number of aromatic nitrogens is 3. The van der Waals surface area contributed by atoms with E-state index in [1.165, 1.54) is 12.1 Å². The van der Waals surface area contributed by atoms with E-state index >= 15 is 0 Å². The molecule has 34 heavy (non-hydrogen) atoms. The normalized spacial score (nSPS) is 11.1. The minimum atomic E-state index is -0.289. The van der Waals surface area contributed by atoms with Gasteiger partial charge in [-0.1, -0.05) is 64.1 Å². The lowest BCUT2D eigenvalue weighted by molar-refractivity contribution is 0.328. The van der Waals surface area contributed by atoms with Crippen LogP contribution in [0.3, 0.4) is 0 Å². The van der Waals surface area contributed by atoms with Gasteiger partial charge in [0.2, 0.25) is 5.89 Å². The summed E-state index contributed by atoms with van der Waals surface area (Å²) >= 11 is 0. The van der Waals surface area contributed by atoms with E-state index in [-0.39, 0.29) is 11.7 Å². The Hall–Kier alpha value is -3.38. The molecular weight excluding hydrogens is 427 g/mol. The van der Waals surface area contributed by atoms with Crippen LogP contribution < -0.4 is 0 Å². The summed E-state index contributed by atoms with van der Waals surface area (Å²) < 4.78 is 19.3. The summed E-state index contributed by atoms with van der Waals surface area (Å²) in [5, 5.41) is 0. The zero-order valence-corrected chi connectivity index (χ0v) is 20.8. The summed E-state index contributed by atoms with van der Waals surface area (Å²) in [7, 11) is 2.10. The molecule has 180 valence electrons. The summed E-state index contributed by atoms with van der Waals surface area (Å²) in [6.07, 6.45) is 4.31. The first-order valence-electron chi connectivity index (χ1n) is 11.8. The quantitative estimate of drug-likeness (QED) is 0.293. The van der Waals surface area contributed by atoms with Crippen LogP contribution in [0.15, 0.2) is 83.5 Å². The summed E-state index contributed by atoms with van der Waals surface area (Å²) in [6.45, 7) is 10.2. The smallest absolute Gasteiger partial charge is 0.227 e. The highest BCUT2D eigenvalue weighted by Gasteiger charge is 2.23. The van der Waals surface area contributed by atoms with Gasteiger partial charge < -0.3 is 9.32 Å². The van der Waals surface area contributed by atoms with Crippen molar-refractivity contribution in [2.75, 3.05) is 20.1 Å². The van der Waals surface area contributed by atoms with Crippen molar-refractivity contribution in [3.8, 4) is 23.0 Å². The number of benzene rings is 2. The Kier molecular flexibility index (Phi) is 11.6. The number of rotatable bonds is 7. The number of oxazole rings is 1. The van der Waals surface area contributed by atoms with Crippen molar-refractivity contribution >= 4 is 0 Å². The topological polar surface area (TPSA) is 55.1 Å². The first-order valence-corrected chi connectivity index (χ1v) is 11.8. The fourth-order valence-corrected chi connectivity index (χ4v) is 3.05. The zero-order valence-electron chi connectivity index (χ0n) is 20.8. The van der Waals surface area contributed by atoms with Crippen molar-refractivity contribution in [1.29, 1.82) is 0 Å². The summed E-state index contributed by atoms with van der Waals surface area (Å²) in [5.74, 6) is 1.63. The molecule has 0 saturated carbocycles. The van der Waals surface area contributed by atoms with Crippen LogP contribution in [0.5, 0.6) is 0 Å². The Morgan fingerprint density at radius 2 is 1.47 bits per heavy atom. The predicted octanol–water partition coefficient (Wildman–Crippen LogP) is 7.10. The highest BCUT2D eigenvalue weighted by molar-refractivity contribution is 5.61. The molecule has 4 aromatic rings. The van der Waals surface area contributed by atoms with Crippen LogP contribution in [-0.4, -0.2) is 40.0 Å². The van der Waals surface area contributed by atoms with Crippen molar-refractivity contribution in [2.24, 2.45) is 0 Å². The largest absolute Gasteiger partial charge is 0.440 e. The molecule has 0 spiro atoms. The number of nitrogens with zero attached hydrogens (tertiary/aromatic N) is 4. The molecule has 0 bridgehead atoms. The molecule has 1 atom stereocenters. The van der Waals surface area contributed by atoms with E-state index < -0.39 is 0 Å². The second kappa shape index (κ2) is 14.7. The Bertz CT molecular complexity index is 1030. The zero-order chi connectivity index (χ0) is 24.8. The number of halogens is 1. The minimum Gasteiger partial charge on any atom is -0.440 e. The number of hydrogen-bond donors (Lipinski definition) is 0. The van der Waals surface area contributed by atoms with Gasteiger partial charge >= 0.3 is 0 Å². The van der Waals surface area contributed by atoms with E-state index in [4.69, 9.17) is 4.42 Å². The van der Waals surface area contributed by atoms with Gasteiger partial charge in [0.1, 0.15) is 11.6 Å². The molecule has 2 heterocycles. The molecule has 0 radical (unpaired) electrons. The summed E-state index contributed by atoms with van der Waals surface area (Å²) in [5.41, 5.74) is 1.38. The highest BCUT2D eigenvalue weighted by atomic mass is 19.1. The van der Waals surface area contributed by atoms with Crippen molar-refractivity contribution in [3.05, 3.63) is 90.7 Å². The summed E-state index contributed by atoms with van der Waals surface area (Å²) in [6, 6.07) is 19.9. The van der Waals surface area contributed by atoms with Crippen LogP contribution >= 0.6 is 0 Å². The van der Waals surface area contributed by atoms with Gasteiger partial charge in [-0.3, -0.25) is 0 Å². The van der Waals surface area contributed by atoms with E-state index in [2.05, 4.69) is 40.7 Å². The Labute approximate surface area is 202 Å². The van der Waals surface area contributed by atoms with Crippen molar-refractivity contribution in [1.82, 2.24) is 19.9 Å². The van der Waals surface area contributed by atoms with E-state index in [9.17, 15) is 4.39 Å². The monoisotopic (exact) mass is 462 g/mol. The molecule has 2 aromatic heterocycles. The molecule has 0 aliphatic heterocycles.